The van der Waals surface area contributed by atoms with E-state index in [1.165, 1.54) is 0 Å². The van der Waals surface area contributed by atoms with Gasteiger partial charge < -0.3 is 15.4 Å². The number of hydrogen-bond donors (Lipinski definition) is 2. The molecule has 27 heavy (non-hydrogen) atoms. The summed E-state index contributed by atoms with van der Waals surface area (Å²) in [6.07, 6.45) is 0. The lowest BCUT2D eigenvalue weighted by Crippen LogP contribution is -2.09. The van der Waals surface area contributed by atoms with Gasteiger partial charge in [0.15, 0.2) is 5.82 Å². The molecule has 0 atom stereocenters. The molecule has 2 aromatic carbocycles. The molecule has 0 aliphatic carbocycles. The standard InChI is InChI=1S/C21H21ClN4O/c1-12(2)10-26-17(11-27)24-19-20(26)16-5-3-4-15(18(16)25-21(19)23)13-6-8-14(22)9-7-13/h3-9,12,27H,10-11H2,1-2H3,(H2,23,25). The zero-order valence-electron chi connectivity index (χ0n) is 15.3. The van der Waals surface area contributed by atoms with E-state index in [1.54, 1.807) is 0 Å². The molecule has 0 saturated heterocycles. The van der Waals surface area contributed by atoms with Crippen molar-refractivity contribution in [2.24, 2.45) is 5.92 Å². The molecule has 4 aromatic rings. The van der Waals surface area contributed by atoms with E-state index in [2.05, 4.69) is 28.4 Å². The summed E-state index contributed by atoms with van der Waals surface area (Å²) in [6.45, 7) is 4.88. The Bertz CT molecular complexity index is 1130. The van der Waals surface area contributed by atoms with Gasteiger partial charge in [0.05, 0.1) is 11.0 Å². The SMILES string of the molecule is CC(C)Cn1c(CO)nc2c(N)nc3c(-c4ccc(Cl)cc4)cccc3c21. The number of nitrogens with zero attached hydrogens (tertiary/aromatic N) is 3. The Labute approximate surface area is 162 Å². The van der Waals surface area contributed by atoms with Gasteiger partial charge in [-0.3, -0.25) is 0 Å². The van der Waals surface area contributed by atoms with Gasteiger partial charge in [0.1, 0.15) is 17.9 Å². The molecule has 0 aliphatic rings. The first-order valence-electron chi connectivity index (χ1n) is 8.93. The minimum atomic E-state index is -0.140. The molecule has 4 rings (SSSR count). The third-order valence-corrected chi connectivity index (χ3v) is 4.91. The molecular formula is C21H21ClN4O. The van der Waals surface area contributed by atoms with Crippen molar-refractivity contribution in [2.75, 3.05) is 5.73 Å². The highest BCUT2D eigenvalue weighted by molar-refractivity contribution is 6.30. The predicted octanol–water partition coefficient (Wildman–Crippen LogP) is 4.64. The van der Waals surface area contributed by atoms with Gasteiger partial charge in [-0.2, -0.15) is 0 Å². The van der Waals surface area contributed by atoms with Crippen molar-refractivity contribution in [3.8, 4) is 11.1 Å². The van der Waals surface area contributed by atoms with Gasteiger partial charge in [-0.25, -0.2) is 9.97 Å². The summed E-state index contributed by atoms with van der Waals surface area (Å²) in [5.41, 5.74) is 10.7. The van der Waals surface area contributed by atoms with Gasteiger partial charge in [-0.05, 0) is 23.6 Å². The monoisotopic (exact) mass is 380 g/mol. The Morgan fingerprint density at radius 3 is 2.48 bits per heavy atom. The summed E-state index contributed by atoms with van der Waals surface area (Å²) < 4.78 is 2.06. The van der Waals surface area contributed by atoms with Gasteiger partial charge in [-0.15, -0.1) is 0 Å². The van der Waals surface area contributed by atoms with E-state index in [4.69, 9.17) is 17.3 Å². The summed E-state index contributed by atoms with van der Waals surface area (Å²) >= 11 is 6.04. The maximum atomic E-state index is 9.80. The minimum absolute atomic E-state index is 0.140. The highest BCUT2D eigenvalue weighted by Gasteiger charge is 2.19. The number of benzene rings is 2. The molecular weight excluding hydrogens is 360 g/mol. The molecule has 0 radical (unpaired) electrons. The first kappa shape index (κ1) is 17.8. The first-order valence-corrected chi connectivity index (χ1v) is 9.31. The molecule has 0 spiro atoms. The van der Waals surface area contributed by atoms with E-state index in [0.717, 1.165) is 34.1 Å². The number of aliphatic hydroxyl groups is 1. The largest absolute Gasteiger partial charge is 0.388 e. The lowest BCUT2D eigenvalue weighted by Gasteiger charge is -2.13. The van der Waals surface area contributed by atoms with Crippen molar-refractivity contribution in [3.63, 3.8) is 0 Å². The van der Waals surface area contributed by atoms with Crippen molar-refractivity contribution in [1.29, 1.82) is 0 Å². The van der Waals surface area contributed by atoms with Crippen LogP contribution in [-0.2, 0) is 13.2 Å². The second-order valence-electron chi connectivity index (χ2n) is 7.09. The summed E-state index contributed by atoms with van der Waals surface area (Å²) in [6, 6.07) is 13.8. The second-order valence-corrected chi connectivity index (χ2v) is 7.53. The maximum Gasteiger partial charge on any atom is 0.152 e. The number of fused-ring (bicyclic) bond motifs is 3. The number of nitrogen functional groups attached to an aromatic ring is 1. The minimum Gasteiger partial charge on any atom is -0.388 e. The molecule has 3 N–H and O–H groups in total. The molecule has 2 heterocycles. The van der Waals surface area contributed by atoms with Gasteiger partial charge in [-0.1, -0.05) is 55.8 Å². The average Bonchev–Trinajstić information content (AvgIpc) is 3.01. The Morgan fingerprint density at radius 1 is 1.07 bits per heavy atom. The molecule has 0 fully saturated rings. The molecule has 0 saturated carbocycles. The number of para-hydroxylation sites is 1. The van der Waals surface area contributed by atoms with Crippen molar-refractivity contribution in [1.82, 2.24) is 14.5 Å². The quantitative estimate of drug-likeness (QED) is 0.541. The smallest absolute Gasteiger partial charge is 0.152 e. The van der Waals surface area contributed by atoms with E-state index >= 15 is 0 Å². The number of nitrogens with two attached hydrogens (primary N) is 1. The van der Waals surface area contributed by atoms with E-state index in [0.29, 0.717) is 28.1 Å². The van der Waals surface area contributed by atoms with Crippen LogP contribution in [0.2, 0.25) is 5.02 Å². The Hall–Kier alpha value is -2.63. The van der Waals surface area contributed by atoms with E-state index in [1.807, 2.05) is 42.5 Å². The van der Waals surface area contributed by atoms with Crippen LogP contribution >= 0.6 is 11.6 Å². The fourth-order valence-corrected chi connectivity index (χ4v) is 3.65. The second kappa shape index (κ2) is 6.83. The Balaban J connectivity index is 2.08. The number of anilines is 1. The highest BCUT2D eigenvalue weighted by atomic mass is 35.5. The lowest BCUT2D eigenvalue weighted by atomic mass is 10.0. The van der Waals surface area contributed by atoms with Crippen LogP contribution in [0.5, 0.6) is 0 Å². The fraction of sp³-hybridized carbons (Fsp3) is 0.238. The van der Waals surface area contributed by atoms with E-state index in [-0.39, 0.29) is 6.61 Å². The normalized spacial score (nSPS) is 11.7. The summed E-state index contributed by atoms with van der Waals surface area (Å²) in [4.78, 5) is 9.21. The van der Waals surface area contributed by atoms with Crippen LogP contribution in [0.15, 0.2) is 42.5 Å². The number of rotatable bonds is 4. The number of hydrogen-bond acceptors (Lipinski definition) is 4. The van der Waals surface area contributed by atoms with Crippen molar-refractivity contribution >= 4 is 39.4 Å². The third kappa shape index (κ3) is 3.03. The van der Waals surface area contributed by atoms with Gasteiger partial charge in [0.25, 0.3) is 0 Å². The van der Waals surface area contributed by atoms with Crippen LogP contribution < -0.4 is 5.73 Å². The molecule has 0 unspecified atom stereocenters. The maximum absolute atomic E-state index is 9.80. The first-order chi connectivity index (χ1) is 13.0. The average molecular weight is 381 g/mol. The van der Waals surface area contributed by atoms with Crippen LogP contribution in [-0.4, -0.2) is 19.6 Å². The molecule has 0 amide bonds. The summed E-state index contributed by atoms with van der Waals surface area (Å²) in [5.74, 6) is 1.38. The van der Waals surface area contributed by atoms with Crippen molar-refractivity contribution < 1.29 is 5.11 Å². The van der Waals surface area contributed by atoms with E-state index in [9.17, 15) is 5.11 Å². The molecule has 5 nitrogen and oxygen atoms in total. The third-order valence-electron chi connectivity index (χ3n) is 4.66. The van der Waals surface area contributed by atoms with Crippen LogP contribution in [0.3, 0.4) is 0 Å². The molecule has 0 bridgehead atoms. The van der Waals surface area contributed by atoms with Gasteiger partial charge in [0, 0.05) is 22.5 Å². The van der Waals surface area contributed by atoms with Crippen molar-refractivity contribution in [3.05, 3.63) is 53.3 Å². The molecule has 6 heteroatoms. The Kier molecular flexibility index (Phi) is 4.50. The predicted molar refractivity (Wildman–Crippen MR) is 111 cm³/mol. The molecule has 138 valence electrons. The Morgan fingerprint density at radius 2 is 1.81 bits per heavy atom. The zero-order chi connectivity index (χ0) is 19.1. The van der Waals surface area contributed by atoms with Gasteiger partial charge >= 0.3 is 0 Å². The number of halogens is 1. The highest BCUT2D eigenvalue weighted by Crippen LogP contribution is 2.35. The van der Waals surface area contributed by atoms with Crippen LogP contribution in [0.4, 0.5) is 5.82 Å². The van der Waals surface area contributed by atoms with Crippen LogP contribution in [0.25, 0.3) is 33.1 Å². The fourth-order valence-electron chi connectivity index (χ4n) is 3.52. The van der Waals surface area contributed by atoms with E-state index < -0.39 is 0 Å². The topological polar surface area (TPSA) is 77.0 Å². The zero-order valence-corrected chi connectivity index (χ0v) is 16.0. The number of aliphatic hydroxyl groups excluding tert-OH is 1. The van der Waals surface area contributed by atoms with Crippen molar-refractivity contribution in [2.45, 2.75) is 27.0 Å². The summed E-state index contributed by atoms with van der Waals surface area (Å²) in [7, 11) is 0. The molecule has 2 aromatic heterocycles. The number of pyridine rings is 1. The molecule has 0 aliphatic heterocycles. The summed E-state index contributed by atoms with van der Waals surface area (Å²) in [5, 5.41) is 11.5. The lowest BCUT2D eigenvalue weighted by molar-refractivity contribution is 0.264. The number of aromatic nitrogens is 3. The van der Waals surface area contributed by atoms with Crippen LogP contribution in [0.1, 0.15) is 19.7 Å². The van der Waals surface area contributed by atoms with Gasteiger partial charge in [0.2, 0.25) is 0 Å². The van der Waals surface area contributed by atoms with Crippen LogP contribution in [0, 0.1) is 5.92 Å². The number of imidazole rings is 1.